The summed E-state index contributed by atoms with van der Waals surface area (Å²) in [6.07, 6.45) is 2.04. The first-order valence-electron chi connectivity index (χ1n) is 9.54. The number of nitrogens with zero attached hydrogens (tertiary/aromatic N) is 1. The van der Waals surface area contributed by atoms with Crippen LogP contribution in [0.4, 0.5) is 4.79 Å². The molecule has 0 unspecified atom stereocenters. The number of amides is 2. The molecule has 6 nitrogen and oxygen atoms in total. The van der Waals surface area contributed by atoms with Crippen LogP contribution in [0, 0.1) is 5.92 Å². The van der Waals surface area contributed by atoms with Crippen LogP contribution in [0.5, 0.6) is 11.5 Å². The molecule has 1 aliphatic rings. The molecule has 1 fully saturated rings. The molecular weight excluding hydrogens is 332 g/mol. The SMILES string of the molecule is CCOc1ccc([C@@H](C)NC(=O)N(C)CC2CCOCC2)cc1OCC. The Morgan fingerprint density at radius 3 is 2.54 bits per heavy atom. The minimum atomic E-state index is -0.116. The Bertz CT molecular complexity index is 573. The van der Waals surface area contributed by atoms with Crippen molar-refractivity contribution in [1.82, 2.24) is 10.2 Å². The number of benzene rings is 1. The van der Waals surface area contributed by atoms with Crippen molar-refractivity contribution >= 4 is 6.03 Å². The summed E-state index contributed by atoms with van der Waals surface area (Å²) in [5, 5.41) is 3.07. The maximum absolute atomic E-state index is 12.5. The third-order valence-corrected chi connectivity index (χ3v) is 4.63. The van der Waals surface area contributed by atoms with Gasteiger partial charge in [-0.3, -0.25) is 0 Å². The first-order valence-corrected chi connectivity index (χ1v) is 9.54. The lowest BCUT2D eigenvalue weighted by molar-refractivity contribution is 0.0585. The van der Waals surface area contributed by atoms with Gasteiger partial charge in [0.2, 0.25) is 0 Å². The van der Waals surface area contributed by atoms with Gasteiger partial charge in [0.05, 0.1) is 19.3 Å². The van der Waals surface area contributed by atoms with Crippen LogP contribution in [0.3, 0.4) is 0 Å². The number of carbonyl (C=O) groups excluding carboxylic acids is 1. The molecule has 0 radical (unpaired) electrons. The molecule has 0 aromatic heterocycles. The predicted molar refractivity (Wildman–Crippen MR) is 102 cm³/mol. The molecule has 0 bridgehead atoms. The van der Waals surface area contributed by atoms with Gasteiger partial charge in [-0.1, -0.05) is 6.07 Å². The van der Waals surface area contributed by atoms with Gasteiger partial charge in [0.1, 0.15) is 0 Å². The molecule has 1 aromatic rings. The lowest BCUT2D eigenvalue weighted by atomic mass is 10.00. The molecule has 6 heteroatoms. The van der Waals surface area contributed by atoms with Crippen LogP contribution in [0.15, 0.2) is 18.2 Å². The smallest absolute Gasteiger partial charge is 0.317 e. The Hall–Kier alpha value is -1.95. The van der Waals surface area contributed by atoms with Gasteiger partial charge in [-0.2, -0.15) is 0 Å². The first kappa shape index (κ1) is 20.4. The molecule has 146 valence electrons. The molecule has 0 saturated carbocycles. The van der Waals surface area contributed by atoms with Crippen molar-refractivity contribution in [2.45, 2.75) is 39.7 Å². The quantitative estimate of drug-likeness (QED) is 0.765. The molecule has 2 rings (SSSR count). The minimum Gasteiger partial charge on any atom is -0.490 e. The molecule has 0 spiro atoms. The molecule has 1 N–H and O–H groups in total. The van der Waals surface area contributed by atoms with Crippen molar-refractivity contribution in [3.8, 4) is 11.5 Å². The molecule has 1 aliphatic heterocycles. The van der Waals surface area contributed by atoms with E-state index >= 15 is 0 Å². The fourth-order valence-corrected chi connectivity index (χ4v) is 3.11. The monoisotopic (exact) mass is 364 g/mol. The predicted octanol–water partition coefficient (Wildman–Crippen LogP) is 3.61. The van der Waals surface area contributed by atoms with E-state index < -0.39 is 0 Å². The normalized spacial score (nSPS) is 16.0. The van der Waals surface area contributed by atoms with Gasteiger partial charge in [0.15, 0.2) is 11.5 Å². The third-order valence-electron chi connectivity index (χ3n) is 4.63. The number of carbonyl (C=O) groups is 1. The van der Waals surface area contributed by atoms with Crippen molar-refractivity contribution in [3.63, 3.8) is 0 Å². The molecule has 2 amide bonds. The van der Waals surface area contributed by atoms with Crippen LogP contribution >= 0.6 is 0 Å². The second-order valence-electron chi connectivity index (χ2n) is 6.68. The van der Waals surface area contributed by atoms with Crippen molar-refractivity contribution in [3.05, 3.63) is 23.8 Å². The van der Waals surface area contributed by atoms with E-state index in [0.29, 0.717) is 24.9 Å². The van der Waals surface area contributed by atoms with Crippen LogP contribution in [-0.4, -0.2) is 51.0 Å². The van der Waals surface area contributed by atoms with E-state index in [0.717, 1.165) is 43.9 Å². The van der Waals surface area contributed by atoms with Gasteiger partial charge in [-0.25, -0.2) is 4.79 Å². The summed E-state index contributed by atoms with van der Waals surface area (Å²) in [7, 11) is 1.85. The zero-order valence-electron chi connectivity index (χ0n) is 16.4. The highest BCUT2D eigenvalue weighted by Gasteiger charge is 2.20. The standard InChI is InChI=1S/C20H32N2O4/c1-5-25-18-8-7-17(13-19(18)26-6-2)15(3)21-20(23)22(4)14-16-9-11-24-12-10-16/h7-8,13,15-16H,5-6,9-12,14H2,1-4H3,(H,21,23)/t15-/m1/s1. The Morgan fingerprint density at radius 1 is 1.23 bits per heavy atom. The molecule has 0 aliphatic carbocycles. The number of hydrogen-bond acceptors (Lipinski definition) is 4. The number of ether oxygens (including phenoxy) is 3. The summed E-state index contributed by atoms with van der Waals surface area (Å²) in [6, 6.07) is 5.64. The summed E-state index contributed by atoms with van der Waals surface area (Å²) < 4.78 is 16.7. The fraction of sp³-hybridized carbons (Fsp3) is 0.650. The summed E-state index contributed by atoms with van der Waals surface area (Å²) in [6.45, 7) is 9.37. The second kappa shape index (κ2) is 10.3. The topological polar surface area (TPSA) is 60.0 Å². The molecule has 1 heterocycles. The van der Waals surface area contributed by atoms with E-state index in [1.54, 1.807) is 4.90 Å². The van der Waals surface area contributed by atoms with E-state index in [1.807, 2.05) is 46.0 Å². The van der Waals surface area contributed by atoms with E-state index in [-0.39, 0.29) is 12.1 Å². The Morgan fingerprint density at radius 2 is 1.88 bits per heavy atom. The summed E-state index contributed by atoms with van der Waals surface area (Å²) in [4.78, 5) is 14.3. The Labute approximate surface area is 156 Å². The van der Waals surface area contributed by atoms with Gasteiger partial charge < -0.3 is 24.4 Å². The van der Waals surface area contributed by atoms with E-state index in [2.05, 4.69) is 5.32 Å². The van der Waals surface area contributed by atoms with Crippen LogP contribution < -0.4 is 14.8 Å². The summed E-state index contributed by atoms with van der Waals surface area (Å²) in [5.41, 5.74) is 0.990. The van der Waals surface area contributed by atoms with Gasteiger partial charge in [0.25, 0.3) is 0 Å². The molecule has 26 heavy (non-hydrogen) atoms. The maximum atomic E-state index is 12.5. The average Bonchev–Trinajstić information content (AvgIpc) is 2.64. The van der Waals surface area contributed by atoms with Crippen molar-refractivity contribution in [2.24, 2.45) is 5.92 Å². The van der Waals surface area contributed by atoms with Crippen LogP contribution in [0.1, 0.15) is 45.2 Å². The Kier molecular flexibility index (Phi) is 8.04. The van der Waals surface area contributed by atoms with Gasteiger partial charge in [-0.05, 0) is 57.2 Å². The van der Waals surface area contributed by atoms with Gasteiger partial charge in [-0.15, -0.1) is 0 Å². The Balaban J connectivity index is 1.95. The van der Waals surface area contributed by atoms with Crippen LogP contribution in [0.25, 0.3) is 0 Å². The lowest BCUT2D eigenvalue weighted by Gasteiger charge is -2.28. The average molecular weight is 364 g/mol. The summed E-state index contributed by atoms with van der Waals surface area (Å²) >= 11 is 0. The van der Waals surface area contributed by atoms with Gasteiger partial charge in [0, 0.05) is 26.8 Å². The molecule has 1 aromatic carbocycles. The summed E-state index contributed by atoms with van der Waals surface area (Å²) in [5.74, 6) is 1.96. The van der Waals surface area contributed by atoms with Crippen molar-refractivity contribution < 1.29 is 19.0 Å². The third kappa shape index (κ3) is 5.80. The number of hydrogen-bond donors (Lipinski definition) is 1. The van der Waals surface area contributed by atoms with E-state index in [1.165, 1.54) is 0 Å². The fourth-order valence-electron chi connectivity index (χ4n) is 3.11. The van der Waals surface area contributed by atoms with Crippen molar-refractivity contribution in [1.29, 1.82) is 0 Å². The zero-order chi connectivity index (χ0) is 18.9. The van der Waals surface area contributed by atoms with E-state index in [9.17, 15) is 4.79 Å². The second-order valence-corrected chi connectivity index (χ2v) is 6.68. The van der Waals surface area contributed by atoms with Crippen LogP contribution in [0.2, 0.25) is 0 Å². The lowest BCUT2D eigenvalue weighted by Crippen LogP contribution is -2.41. The van der Waals surface area contributed by atoms with Gasteiger partial charge >= 0.3 is 6.03 Å². The number of urea groups is 1. The molecular formula is C20H32N2O4. The van der Waals surface area contributed by atoms with Crippen molar-refractivity contribution in [2.75, 3.05) is 40.0 Å². The molecule has 1 saturated heterocycles. The minimum absolute atomic E-state index is 0.0594. The first-order chi connectivity index (χ1) is 12.5. The number of nitrogens with one attached hydrogen (secondary N) is 1. The maximum Gasteiger partial charge on any atom is 0.317 e. The molecule has 1 atom stereocenters. The number of rotatable bonds is 8. The highest BCUT2D eigenvalue weighted by atomic mass is 16.5. The highest BCUT2D eigenvalue weighted by Crippen LogP contribution is 2.30. The zero-order valence-corrected chi connectivity index (χ0v) is 16.4. The van der Waals surface area contributed by atoms with E-state index in [4.69, 9.17) is 14.2 Å². The highest BCUT2D eigenvalue weighted by molar-refractivity contribution is 5.74. The largest absolute Gasteiger partial charge is 0.490 e. The van der Waals surface area contributed by atoms with Crippen LogP contribution in [-0.2, 0) is 4.74 Å².